The van der Waals surface area contributed by atoms with E-state index in [1.54, 1.807) is 37.3 Å². The lowest BCUT2D eigenvalue weighted by Crippen LogP contribution is -2.34. The smallest absolute Gasteiger partial charge is 0.416 e. The zero-order valence-electron chi connectivity index (χ0n) is 26.5. The molecule has 256 valence electrons. The Hall–Kier alpha value is -4.68. The first-order valence-electron chi connectivity index (χ1n) is 15.0. The van der Waals surface area contributed by atoms with Crippen LogP contribution in [0.1, 0.15) is 60.9 Å². The Labute approximate surface area is 272 Å². The number of carboxylic acid groups (broad SMARTS) is 1. The predicted molar refractivity (Wildman–Crippen MR) is 165 cm³/mol. The molecule has 2 aromatic carbocycles. The lowest BCUT2D eigenvalue weighted by molar-refractivity contribution is -0.0955. The van der Waals surface area contributed by atoms with Gasteiger partial charge in [-0.1, -0.05) is 37.6 Å². The number of carboxylic acids is 1. The zero-order chi connectivity index (χ0) is 35.6. The summed E-state index contributed by atoms with van der Waals surface area (Å²) in [4.78, 5) is 30.3. The van der Waals surface area contributed by atoms with Crippen molar-refractivity contribution in [2.45, 2.75) is 78.0 Å². The van der Waals surface area contributed by atoms with Crippen LogP contribution in [0, 0.1) is 12.7 Å². The molecule has 1 aliphatic rings. The average Bonchev–Trinajstić information content (AvgIpc) is 3.26. The number of nitrogens with zero attached hydrogens (tertiary/aromatic N) is 2. The summed E-state index contributed by atoms with van der Waals surface area (Å²) in [5.74, 6) is -1.68. The van der Waals surface area contributed by atoms with Crippen molar-refractivity contribution in [2.24, 2.45) is 0 Å². The van der Waals surface area contributed by atoms with Gasteiger partial charge in [-0.3, -0.25) is 9.88 Å². The molecule has 1 N–H and O–H groups in total. The van der Waals surface area contributed by atoms with Gasteiger partial charge in [0.1, 0.15) is 11.9 Å². The molecule has 1 saturated heterocycles. The van der Waals surface area contributed by atoms with E-state index in [1.165, 1.54) is 30.0 Å². The summed E-state index contributed by atoms with van der Waals surface area (Å²) >= 11 is 0. The molecule has 2 unspecified atom stereocenters. The molecule has 1 fully saturated rings. The van der Waals surface area contributed by atoms with E-state index in [2.05, 4.69) is 0 Å². The van der Waals surface area contributed by atoms with E-state index in [9.17, 15) is 41.0 Å². The number of aromatic carboxylic acids is 1. The Morgan fingerprint density at radius 1 is 1.00 bits per heavy atom. The maximum absolute atomic E-state index is 15.5. The number of halogens is 7. The maximum Gasteiger partial charge on any atom is 0.416 e. The molecule has 1 aromatic heterocycles. The second-order valence-electron chi connectivity index (χ2n) is 11.6. The third-order valence-electron chi connectivity index (χ3n) is 8.13. The van der Waals surface area contributed by atoms with Gasteiger partial charge in [-0.15, -0.1) is 0 Å². The van der Waals surface area contributed by atoms with E-state index < -0.39 is 59.9 Å². The van der Waals surface area contributed by atoms with Gasteiger partial charge in [0.15, 0.2) is 0 Å². The van der Waals surface area contributed by atoms with Crippen LogP contribution in [0.5, 0.6) is 0 Å². The van der Waals surface area contributed by atoms with Crippen LogP contribution in [0.2, 0.25) is 0 Å². The molecule has 0 bridgehead atoms. The summed E-state index contributed by atoms with van der Waals surface area (Å²) in [7, 11) is 0. The molecule has 2 heterocycles. The third kappa shape index (κ3) is 8.23. The minimum Gasteiger partial charge on any atom is -0.478 e. The van der Waals surface area contributed by atoms with E-state index in [4.69, 9.17) is 9.72 Å². The number of carbonyl (C=O) groups excluding carboxylic acids is 1. The Morgan fingerprint density at radius 2 is 1.69 bits per heavy atom. The SMILES string of the molecule is CCCc1ccc(-c2cc(-c3ccc(C(=O)O)cc3C)ccc2F)c(CN2C(=O)OC(C/C=C(\C=C(/C)C(F)(F)F)C(F)(F)F)C2C)n1. The monoisotopic (exact) mass is 678 g/mol. The molecule has 0 saturated carbocycles. The highest BCUT2D eigenvalue weighted by Crippen LogP contribution is 2.36. The Bertz CT molecular complexity index is 1760. The number of aryl methyl sites for hydroxylation is 2. The standard InChI is InChI=1S/C35H33F7N2O4/c1-5-6-25-10-12-27(28-17-22(8-13-29(28)36)26-11-7-23(32(45)46)15-19(26)2)30(43-25)18-44-21(4)31(48-33(44)47)14-9-24(35(40,41)42)16-20(3)34(37,38)39/h7-13,15-17,21,31H,5-6,14,18H2,1-4H3,(H,45,46)/b20-16+,24-9+. The van der Waals surface area contributed by atoms with E-state index in [1.807, 2.05) is 6.92 Å². The molecule has 0 aliphatic carbocycles. The van der Waals surface area contributed by atoms with Crippen molar-refractivity contribution >= 4 is 12.1 Å². The van der Waals surface area contributed by atoms with Gasteiger partial charge < -0.3 is 9.84 Å². The summed E-state index contributed by atoms with van der Waals surface area (Å²) in [5, 5.41) is 9.33. The van der Waals surface area contributed by atoms with Crippen LogP contribution in [-0.2, 0) is 17.7 Å². The number of aromatic nitrogens is 1. The van der Waals surface area contributed by atoms with E-state index >= 15 is 4.39 Å². The molecule has 4 rings (SSSR count). The number of rotatable bonds is 10. The number of hydrogen-bond donors (Lipinski definition) is 1. The average molecular weight is 679 g/mol. The minimum atomic E-state index is -5.08. The number of pyridine rings is 1. The number of benzene rings is 2. The minimum absolute atomic E-state index is 0.0132. The van der Waals surface area contributed by atoms with Gasteiger partial charge in [-0.05, 0) is 80.3 Å². The number of amides is 1. The number of allylic oxidation sites excluding steroid dienone is 3. The second kappa shape index (κ2) is 14.2. The van der Waals surface area contributed by atoms with Crippen molar-refractivity contribution in [2.75, 3.05) is 0 Å². The van der Waals surface area contributed by atoms with Crippen LogP contribution in [0.4, 0.5) is 35.5 Å². The normalized spacial score (nSPS) is 17.6. The molecular formula is C35H33F7N2O4. The van der Waals surface area contributed by atoms with Crippen molar-refractivity contribution in [3.05, 3.63) is 100 Å². The number of carbonyl (C=O) groups is 2. The molecule has 6 nitrogen and oxygen atoms in total. The highest BCUT2D eigenvalue weighted by molar-refractivity contribution is 5.89. The molecule has 1 amide bonds. The summed E-state index contributed by atoms with van der Waals surface area (Å²) in [6, 6.07) is 11.6. The fourth-order valence-electron chi connectivity index (χ4n) is 5.42. The Kier molecular flexibility index (Phi) is 10.7. The molecular weight excluding hydrogens is 645 g/mol. The van der Waals surface area contributed by atoms with Gasteiger partial charge >= 0.3 is 24.4 Å². The first-order chi connectivity index (χ1) is 22.4. The van der Waals surface area contributed by atoms with Crippen LogP contribution in [0.15, 0.2) is 71.8 Å². The van der Waals surface area contributed by atoms with E-state index in [-0.39, 0.29) is 23.7 Å². The van der Waals surface area contributed by atoms with Crippen LogP contribution < -0.4 is 0 Å². The van der Waals surface area contributed by atoms with Crippen molar-refractivity contribution in [1.82, 2.24) is 9.88 Å². The molecule has 0 spiro atoms. The fraction of sp³-hybridized carbons (Fsp3) is 0.343. The molecule has 3 aromatic rings. The summed E-state index contributed by atoms with van der Waals surface area (Å²) < 4.78 is 100. The Balaban J connectivity index is 1.68. The van der Waals surface area contributed by atoms with Gasteiger partial charge in [0, 0.05) is 28.8 Å². The summed E-state index contributed by atoms with van der Waals surface area (Å²) in [6.45, 7) is 5.55. The molecule has 2 atom stereocenters. The number of hydrogen-bond acceptors (Lipinski definition) is 4. The van der Waals surface area contributed by atoms with Gasteiger partial charge in [-0.25, -0.2) is 14.0 Å². The highest BCUT2D eigenvalue weighted by Gasteiger charge is 2.41. The lowest BCUT2D eigenvalue weighted by Gasteiger charge is -2.22. The number of alkyl halides is 6. The van der Waals surface area contributed by atoms with Gasteiger partial charge in [-0.2, -0.15) is 26.3 Å². The summed E-state index contributed by atoms with van der Waals surface area (Å²) in [6.07, 6.45) is -10.6. The van der Waals surface area contributed by atoms with Crippen molar-refractivity contribution in [1.29, 1.82) is 0 Å². The predicted octanol–water partition coefficient (Wildman–Crippen LogP) is 9.61. The topological polar surface area (TPSA) is 79.7 Å². The zero-order valence-corrected chi connectivity index (χ0v) is 26.5. The number of ether oxygens (including phenoxy) is 1. The van der Waals surface area contributed by atoms with Crippen molar-refractivity contribution < 1.29 is 50.2 Å². The van der Waals surface area contributed by atoms with Crippen molar-refractivity contribution in [3.63, 3.8) is 0 Å². The third-order valence-corrected chi connectivity index (χ3v) is 8.13. The van der Waals surface area contributed by atoms with Crippen LogP contribution >= 0.6 is 0 Å². The van der Waals surface area contributed by atoms with Crippen LogP contribution in [-0.4, -0.2) is 51.6 Å². The van der Waals surface area contributed by atoms with E-state index in [0.717, 1.165) is 6.42 Å². The lowest BCUT2D eigenvalue weighted by atomic mass is 9.94. The molecule has 0 radical (unpaired) electrons. The Morgan fingerprint density at radius 3 is 2.29 bits per heavy atom. The maximum atomic E-state index is 15.5. The number of cyclic esters (lactones) is 1. The molecule has 1 aliphatic heterocycles. The quantitative estimate of drug-likeness (QED) is 0.171. The highest BCUT2D eigenvalue weighted by atomic mass is 19.4. The first-order valence-corrected chi connectivity index (χ1v) is 15.0. The van der Waals surface area contributed by atoms with Crippen molar-refractivity contribution in [3.8, 4) is 22.3 Å². The van der Waals surface area contributed by atoms with Gasteiger partial charge in [0.05, 0.1) is 29.4 Å². The first kappa shape index (κ1) is 36.2. The van der Waals surface area contributed by atoms with Crippen LogP contribution in [0.25, 0.3) is 22.3 Å². The van der Waals surface area contributed by atoms with Gasteiger partial charge in [0.25, 0.3) is 0 Å². The largest absolute Gasteiger partial charge is 0.478 e. The van der Waals surface area contributed by atoms with Gasteiger partial charge in [0.2, 0.25) is 0 Å². The van der Waals surface area contributed by atoms with Crippen LogP contribution in [0.3, 0.4) is 0 Å². The molecule has 13 heteroatoms. The summed E-state index contributed by atoms with van der Waals surface area (Å²) in [5.41, 5.74) is 0.534. The van der Waals surface area contributed by atoms with E-state index in [0.29, 0.717) is 53.1 Å². The molecule has 48 heavy (non-hydrogen) atoms. The fourth-order valence-corrected chi connectivity index (χ4v) is 5.42. The second-order valence-corrected chi connectivity index (χ2v) is 11.6.